The van der Waals surface area contributed by atoms with Crippen LogP contribution in [0.3, 0.4) is 0 Å². The van der Waals surface area contributed by atoms with E-state index in [4.69, 9.17) is 4.98 Å². The quantitative estimate of drug-likeness (QED) is 0.472. The maximum absolute atomic E-state index is 13.7. The number of aryl methyl sites for hydroxylation is 5. The maximum Gasteiger partial charge on any atom is 0.254 e. The lowest BCUT2D eigenvalue weighted by molar-refractivity contribution is 0.0786. The van der Waals surface area contributed by atoms with Crippen molar-refractivity contribution in [2.24, 2.45) is 7.05 Å². The van der Waals surface area contributed by atoms with Gasteiger partial charge in [-0.05, 0) is 40.7 Å². The minimum Gasteiger partial charge on any atom is -0.337 e. The number of carbonyl (C=O) groups is 1. The summed E-state index contributed by atoms with van der Waals surface area (Å²) in [6, 6.07) is 10.1. The van der Waals surface area contributed by atoms with Crippen molar-refractivity contribution in [3.05, 3.63) is 64.1 Å². The second kappa shape index (κ2) is 8.22. The van der Waals surface area contributed by atoms with E-state index in [0.717, 1.165) is 45.8 Å². The molecule has 0 saturated heterocycles. The van der Waals surface area contributed by atoms with Crippen molar-refractivity contribution in [3.8, 4) is 11.3 Å². The van der Waals surface area contributed by atoms with Crippen LogP contribution in [0.2, 0.25) is 0 Å². The van der Waals surface area contributed by atoms with E-state index in [1.165, 1.54) is 5.56 Å². The topological polar surface area (TPSA) is 68.8 Å². The third-order valence-electron chi connectivity index (χ3n) is 6.12. The van der Waals surface area contributed by atoms with Crippen LogP contribution in [0.1, 0.15) is 45.5 Å². The highest BCUT2D eigenvalue weighted by atomic mass is 16.2. The predicted molar refractivity (Wildman–Crippen MR) is 127 cm³/mol. The van der Waals surface area contributed by atoms with Crippen molar-refractivity contribution >= 4 is 16.9 Å². The van der Waals surface area contributed by atoms with Crippen LogP contribution >= 0.6 is 0 Å². The number of benzene rings is 1. The summed E-state index contributed by atoms with van der Waals surface area (Å²) in [5.41, 5.74) is 8.21. The second-order valence-corrected chi connectivity index (χ2v) is 8.46. The second-order valence-electron chi connectivity index (χ2n) is 8.46. The fraction of sp³-hybridized carbons (Fsp3) is 0.360. The first-order valence-electron chi connectivity index (χ1n) is 10.9. The number of pyridine rings is 1. The molecular weight excluding hydrogens is 400 g/mol. The number of amides is 1. The molecule has 1 amide bonds. The van der Waals surface area contributed by atoms with E-state index in [-0.39, 0.29) is 5.91 Å². The van der Waals surface area contributed by atoms with Crippen molar-refractivity contribution in [2.45, 2.75) is 47.7 Å². The molecule has 0 bridgehead atoms. The first kappa shape index (κ1) is 21.7. The summed E-state index contributed by atoms with van der Waals surface area (Å²) in [6.45, 7) is 11.4. The molecule has 0 fully saturated rings. The number of aromatic nitrogens is 5. The third-order valence-corrected chi connectivity index (χ3v) is 6.12. The van der Waals surface area contributed by atoms with Crippen LogP contribution in [0.25, 0.3) is 22.3 Å². The molecule has 7 nitrogen and oxygen atoms in total. The minimum atomic E-state index is -0.0510. The molecule has 3 heterocycles. The Morgan fingerprint density at radius 2 is 1.72 bits per heavy atom. The van der Waals surface area contributed by atoms with E-state index >= 15 is 0 Å². The summed E-state index contributed by atoms with van der Waals surface area (Å²) in [5, 5.41) is 9.94. The Morgan fingerprint density at radius 1 is 1.03 bits per heavy atom. The molecule has 0 atom stereocenters. The molecule has 0 radical (unpaired) electrons. The number of carbonyl (C=O) groups excluding carboxylic acids is 1. The maximum atomic E-state index is 13.7. The number of rotatable bonds is 5. The Bertz CT molecular complexity index is 1310. The lowest BCUT2D eigenvalue weighted by Gasteiger charge is -2.19. The van der Waals surface area contributed by atoms with Crippen LogP contribution in [0.4, 0.5) is 0 Å². The molecule has 0 spiro atoms. The third kappa shape index (κ3) is 3.68. The molecular formula is C25H30N6O. The van der Waals surface area contributed by atoms with E-state index in [0.29, 0.717) is 17.8 Å². The van der Waals surface area contributed by atoms with Crippen molar-refractivity contribution in [1.82, 2.24) is 29.4 Å². The largest absolute Gasteiger partial charge is 0.337 e. The summed E-state index contributed by atoms with van der Waals surface area (Å²) in [7, 11) is 3.71. The smallest absolute Gasteiger partial charge is 0.254 e. The molecule has 7 heteroatoms. The summed E-state index contributed by atoms with van der Waals surface area (Å²) in [5.74, 6) is -0.0510. The Balaban J connectivity index is 1.79. The van der Waals surface area contributed by atoms with Gasteiger partial charge in [0, 0.05) is 44.0 Å². The molecule has 4 rings (SSSR count). The van der Waals surface area contributed by atoms with Gasteiger partial charge in [0.25, 0.3) is 5.91 Å². The van der Waals surface area contributed by atoms with Crippen LogP contribution in [0.5, 0.6) is 0 Å². The number of fused-ring (bicyclic) bond motifs is 1. The van der Waals surface area contributed by atoms with Crippen molar-refractivity contribution < 1.29 is 4.79 Å². The van der Waals surface area contributed by atoms with Gasteiger partial charge >= 0.3 is 0 Å². The van der Waals surface area contributed by atoms with E-state index < -0.39 is 0 Å². The highest BCUT2D eigenvalue weighted by Crippen LogP contribution is 2.28. The molecule has 0 aliphatic rings. The average molecular weight is 431 g/mol. The van der Waals surface area contributed by atoms with Gasteiger partial charge in [0.1, 0.15) is 0 Å². The average Bonchev–Trinajstić information content (AvgIpc) is 3.22. The van der Waals surface area contributed by atoms with Gasteiger partial charge in [0.15, 0.2) is 5.65 Å². The van der Waals surface area contributed by atoms with Gasteiger partial charge in [0.05, 0.1) is 28.0 Å². The zero-order valence-electron chi connectivity index (χ0n) is 19.9. The Labute approximate surface area is 188 Å². The van der Waals surface area contributed by atoms with Gasteiger partial charge in [-0.25, -0.2) is 4.98 Å². The molecule has 0 aliphatic carbocycles. The van der Waals surface area contributed by atoms with E-state index in [9.17, 15) is 4.79 Å². The molecule has 0 saturated carbocycles. The van der Waals surface area contributed by atoms with Gasteiger partial charge in [-0.2, -0.15) is 10.2 Å². The van der Waals surface area contributed by atoms with Crippen molar-refractivity contribution in [3.63, 3.8) is 0 Å². The Morgan fingerprint density at radius 3 is 2.34 bits per heavy atom. The zero-order valence-corrected chi connectivity index (χ0v) is 19.9. The fourth-order valence-corrected chi connectivity index (χ4v) is 4.27. The lowest BCUT2D eigenvalue weighted by Crippen LogP contribution is -2.27. The Hall–Kier alpha value is -3.48. The highest BCUT2D eigenvalue weighted by Gasteiger charge is 2.23. The van der Waals surface area contributed by atoms with Gasteiger partial charge < -0.3 is 4.90 Å². The first-order valence-corrected chi connectivity index (χ1v) is 10.9. The van der Waals surface area contributed by atoms with Crippen LogP contribution in [0.15, 0.2) is 30.3 Å². The minimum absolute atomic E-state index is 0.0510. The van der Waals surface area contributed by atoms with Crippen LogP contribution in [-0.2, 0) is 20.1 Å². The SMILES string of the molecule is CCn1nc(C)c(CN(C)C(=O)c2cc(-c3ccc(C)cc3)nc3c2c(C)nn3C)c1C. The van der Waals surface area contributed by atoms with Crippen molar-refractivity contribution in [1.29, 1.82) is 0 Å². The van der Waals surface area contributed by atoms with Gasteiger partial charge in [-0.15, -0.1) is 0 Å². The number of hydrogen-bond acceptors (Lipinski definition) is 4. The fourth-order valence-electron chi connectivity index (χ4n) is 4.27. The monoisotopic (exact) mass is 430 g/mol. The molecule has 0 N–H and O–H groups in total. The molecule has 1 aromatic carbocycles. The summed E-state index contributed by atoms with van der Waals surface area (Å²) >= 11 is 0. The Kier molecular flexibility index (Phi) is 5.59. The summed E-state index contributed by atoms with van der Waals surface area (Å²) in [4.78, 5) is 20.3. The normalized spacial score (nSPS) is 11.3. The number of hydrogen-bond donors (Lipinski definition) is 0. The van der Waals surface area contributed by atoms with Gasteiger partial charge in [0.2, 0.25) is 0 Å². The van der Waals surface area contributed by atoms with E-state index in [2.05, 4.69) is 43.1 Å². The van der Waals surface area contributed by atoms with Gasteiger partial charge in [-0.1, -0.05) is 29.8 Å². The van der Waals surface area contributed by atoms with Crippen LogP contribution in [-0.4, -0.2) is 42.4 Å². The number of nitrogens with zero attached hydrogens (tertiary/aromatic N) is 6. The molecule has 166 valence electrons. The highest BCUT2D eigenvalue weighted by molar-refractivity contribution is 6.07. The zero-order chi connectivity index (χ0) is 23.2. The standard InChI is InChI=1S/C25H30N6O/c1-8-31-18(5)21(16(3)28-31)14-29(6)25(32)20-13-22(19-11-9-15(2)10-12-19)26-24-23(20)17(4)27-30(24)7/h9-13H,8,14H2,1-7H3. The molecule has 0 unspecified atom stereocenters. The molecule has 32 heavy (non-hydrogen) atoms. The molecule has 0 aliphatic heterocycles. The summed E-state index contributed by atoms with van der Waals surface area (Å²) < 4.78 is 3.73. The van der Waals surface area contributed by atoms with E-state index in [1.54, 1.807) is 9.58 Å². The lowest BCUT2D eigenvalue weighted by atomic mass is 10.0. The first-order chi connectivity index (χ1) is 15.2. The van der Waals surface area contributed by atoms with Crippen LogP contribution in [0, 0.1) is 27.7 Å². The van der Waals surface area contributed by atoms with Crippen molar-refractivity contribution in [2.75, 3.05) is 7.05 Å². The van der Waals surface area contributed by atoms with Crippen LogP contribution < -0.4 is 0 Å². The van der Waals surface area contributed by atoms with Gasteiger partial charge in [-0.3, -0.25) is 14.2 Å². The molecule has 3 aromatic heterocycles. The van der Waals surface area contributed by atoms with E-state index in [1.807, 2.05) is 50.8 Å². The molecule has 4 aromatic rings. The summed E-state index contributed by atoms with van der Waals surface area (Å²) in [6.07, 6.45) is 0. The predicted octanol–water partition coefficient (Wildman–Crippen LogP) is 4.36.